The average molecular weight is 371 g/mol. The van der Waals surface area contributed by atoms with E-state index < -0.39 is 0 Å². The lowest BCUT2D eigenvalue weighted by Gasteiger charge is -2.20. The van der Waals surface area contributed by atoms with E-state index in [1.54, 1.807) is 17.4 Å². The number of hydrogen-bond donors (Lipinski definition) is 1. The average Bonchev–Trinajstić information content (AvgIpc) is 2.81. The van der Waals surface area contributed by atoms with Gasteiger partial charge in [-0.1, -0.05) is 19.9 Å². The second kappa shape index (κ2) is 7.38. The Labute approximate surface area is 138 Å². The topological polar surface area (TPSA) is 15.3 Å². The molecule has 1 heterocycles. The summed E-state index contributed by atoms with van der Waals surface area (Å²) in [7, 11) is 1.91. The molecule has 0 unspecified atom stereocenters. The van der Waals surface area contributed by atoms with Crippen LogP contribution in [0, 0.1) is 5.82 Å². The van der Waals surface area contributed by atoms with Crippen LogP contribution in [0.25, 0.3) is 0 Å². The molecule has 0 fully saturated rings. The first-order valence-corrected chi connectivity index (χ1v) is 8.59. The zero-order valence-corrected chi connectivity index (χ0v) is 14.9. The second-order valence-corrected chi connectivity index (χ2v) is 7.32. The molecule has 2 nitrogen and oxygen atoms in total. The van der Waals surface area contributed by atoms with Crippen molar-refractivity contribution >= 4 is 33.0 Å². The molecule has 0 aliphatic carbocycles. The van der Waals surface area contributed by atoms with Crippen LogP contribution >= 0.6 is 27.3 Å². The van der Waals surface area contributed by atoms with E-state index in [9.17, 15) is 4.39 Å². The van der Waals surface area contributed by atoms with Gasteiger partial charge in [0.1, 0.15) is 5.82 Å². The molecule has 0 bridgehead atoms. The molecule has 2 aromatic rings. The van der Waals surface area contributed by atoms with Crippen LogP contribution in [0.4, 0.5) is 10.1 Å². The van der Waals surface area contributed by atoms with Crippen molar-refractivity contribution in [2.75, 3.05) is 11.9 Å². The lowest BCUT2D eigenvalue weighted by atomic mass is 10.1. The maximum absolute atomic E-state index is 14.3. The quantitative estimate of drug-likeness (QED) is 0.786. The van der Waals surface area contributed by atoms with Crippen LogP contribution in [0.2, 0.25) is 0 Å². The van der Waals surface area contributed by atoms with Gasteiger partial charge in [-0.05, 0) is 39.7 Å². The van der Waals surface area contributed by atoms with Crippen LogP contribution in [0.15, 0.2) is 34.1 Å². The number of rotatable bonds is 6. The molecule has 21 heavy (non-hydrogen) atoms. The van der Waals surface area contributed by atoms with E-state index in [1.165, 1.54) is 4.88 Å². The van der Waals surface area contributed by atoms with Gasteiger partial charge >= 0.3 is 0 Å². The highest BCUT2D eigenvalue weighted by molar-refractivity contribution is 9.10. The fourth-order valence-corrected chi connectivity index (χ4v) is 3.55. The fraction of sp³-hybridized carbons (Fsp3) is 0.375. The van der Waals surface area contributed by atoms with Crippen LogP contribution in [-0.2, 0) is 13.1 Å². The molecular weight excluding hydrogens is 351 g/mol. The van der Waals surface area contributed by atoms with Gasteiger partial charge in [-0.2, -0.15) is 0 Å². The van der Waals surface area contributed by atoms with E-state index >= 15 is 0 Å². The van der Waals surface area contributed by atoms with Crippen LogP contribution in [0.1, 0.15) is 24.3 Å². The molecule has 0 aliphatic rings. The molecule has 0 amide bonds. The summed E-state index contributed by atoms with van der Waals surface area (Å²) < 4.78 is 15.3. The molecule has 0 saturated carbocycles. The van der Waals surface area contributed by atoms with Crippen molar-refractivity contribution in [1.29, 1.82) is 0 Å². The molecule has 0 radical (unpaired) electrons. The van der Waals surface area contributed by atoms with E-state index in [4.69, 9.17) is 0 Å². The van der Waals surface area contributed by atoms with Crippen molar-refractivity contribution in [2.45, 2.75) is 33.0 Å². The summed E-state index contributed by atoms with van der Waals surface area (Å²) in [5, 5.41) is 5.34. The SMILES string of the molecule is CC(C)NCc1ccc(N(C)Cc2cc(Br)cs2)c(F)c1. The van der Waals surface area contributed by atoms with Crippen molar-refractivity contribution in [3.05, 3.63) is 50.4 Å². The summed E-state index contributed by atoms with van der Waals surface area (Å²) in [6, 6.07) is 7.92. The number of hydrogen-bond acceptors (Lipinski definition) is 3. The Morgan fingerprint density at radius 3 is 2.67 bits per heavy atom. The van der Waals surface area contributed by atoms with E-state index in [0.29, 0.717) is 24.8 Å². The monoisotopic (exact) mass is 370 g/mol. The fourth-order valence-electron chi connectivity index (χ4n) is 2.05. The normalized spacial score (nSPS) is 11.1. The first-order chi connectivity index (χ1) is 9.95. The number of benzene rings is 1. The Kier molecular flexibility index (Phi) is 5.79. The molecule has 2 rings (SSSR count). The highest BCUT2D eigenvalue weighted by Crippen LogP contribution is 2.25. The Morgan fingerprint density at radius 2 is 2.10 bits per heavy atom. The summed E-state index contributed by atoms with van der Waals surface area (Å²) in [5.74, 6) is -0.170. The van der Waals surface area contributed by atoms with E-state index in [2.05, 4.69) is 41.2 Å². The van der Waals surface area contributed by atoms with E-state index in [0.717, 1.165) is 10.0 Å². The van der Waals surface area contributed by atoms with E-state index in [1.807, 2.05) is 29.5 Å². The molecule has 1 N–H and O–H groups in total. The molecule has 0 saturated heterocycles. The molecule has 0 aliphatic heterocycles. The van der Waals surface area contributed by atoms with Crippen molar-refractivity contribution in [3.8, 4) is 0 Å². The minimum Gasteiger partial charge on any atom is -0.367 e. The number of nitrogens with one attached hydrogen (secondary N) is 1. The van der Waals surface area contributed by atoms with Crippen LogP contribution < -0.4 is 10.2 Å². The van der Waals surface area contributed by atoms with Gasteiger partial charge in [0.15, 0.2) is 0 Å². The lowest BCUT2D eigenvalue weighted by Crippen LogP contribution is -2.22. The van der Waals surface area contributed by atoms with Gasteiger partial charge in [-0.3, -0.25) is 0 Å². The van der Waals surface area contributed by atoms with E-state index in [-0.39, 0.29) is 5.82 Å². The van der Waals surface area contributed by atoms with Gasteiger partial charge < -0.3 is 10.2 Å². The highest BCUT2D eigenvalue weighted by atomic mass is 79.9. The summed E-state index contributed by atoms with van der Waals surface area (Å²) in [5.41, 5.74) is 1.60. The predicted molar refractivity (Wildman–Crippen MR) is 92.5 cm³/mol. The summed E-state index contributed by atoms with van der Waals surface area (Å²) in [4.78, 5) is 3.14. The first kappa shape index (κ1) is 16.5. The molecule has 1 aromatic carbocycles. The Bertz CT molecular complexity index is 598. The smallest absolute Gasteiger partial charge is 0.146 e. The summed E-state index contributed by atoms with van der Waals surface area (Å²) in [6.45, 7) is 5.56. The second-order valence-electron chi connectivity index (χ2n) is 5.41. The minimum absolute atomic E-state index is 0.170. The molecule has 0 atom stereocenters. The summed E-state index contributed by atoms with van der Waals surface area (Å²) in [6.07, 6.45) is 0. The first-order valence-electron chi connectivity index (χ1n) is 6.91. The van der Waals surface area contributed by atoms with Gasteiger partial charge in [-0.15, -0.1) is 11.3 Å². The number of nitrogens with zero attached hydrogens (tertiary/aromatic N) is 1. The highest BCUT2D eigenvalue weighted by Gasteiger charge is 2.10. The van der Waals surface area contributed by atoms with Crippen molar-refractivity contribution in [3.63, 3.8) is 0 Å². The Balaban J connectivity index is 2.05. The molecule has 114 valence electrons. The van der Waals surface area contributed by atoms with Gasteiger partial charge in [0, 0.05) is 34.4 Å². The van der Waals surface area contributed by atoms with Gasteiger partial charge in [-0.25, -0.2) is 4.39 Å². The third kappa shape index (κ3) is 4.80. The van der Waals surface area contributed by atoms with Crippen LogP contribution in [0.3, 0.4) is 0 Å². The maximum Gasteiger partial charge on any atom is 0.146 e. The zero-order chi connectivity index (χ0) is 15.4. The van der Waals surface area contributed by atoms with Crippen molar-refractivity contribution < 1.29 is 4.39 Å². The third-order valence-corrected chi connectivity index (χ3v) is 4.83. The van der Waals surface area contributed by atoms with Crippen molar-refractivity contribution in [2.24, 2.45) is 0 Å². The minimum atomic E-state index is -0.170. The Morgan fingerprint density at radius 1 is 1.33 bits per heavy atom. The third-order valence-electron chi connectivity index (χ3n) is 3.15. The molecule has 5 heteroatoms. The van der Waals surface area contributed by atoms with Crippen LogP contribution in [0.5, 0.6) is 0 Å². The number of thiophene rings is 1. The maximum atomic E-state index is 14.3. The number of halogens is 2. The van der Waals surface area contributed by atoms with Gasteiger partial charge in [0.25, 0.3) is 0 Å². The Hall–Kier alpha value is -0.910. The van der Waals surface area contributed by atoms with Gasteiger partial charge in [0.05, 0.1) is 12.2 Å². The van der Waals surface area contributed by atoms with Crippen molar-refractivity contribution in [1.82, 2.24) is 5.32 Å². The largest absolute Gasteiger partial charge is 0.367 e. The predicted octanol–water partition coefficient (Wildman–Crippen LogP) is 4.78. The molecule has 0 spiro atoms. The van der Waals surface area contributed by atoms with Gasteiger partial charge in [0.2, 0.25) is 0 Å². The van der Waals surface area contributed by atoms with Crippen LogP contribution in [-0.4, -0.2) is 13.1 Å². The lowest BCUT2D eigenvalue weighted by molar-refractivity contribution is 0.581. The number of anilines is 1. The molecule has 1 aromatic heterocycles. The standard InChI is InChI=1S/C16H20BrFN2S/c1-11(2)19-8-12-4-5-16(15(18)6-12)20(3)9-14-7-13(17)10-21-14/h4-7,10-11,19H,8-9H2,1-3H3. The zero-order valence-electron chi connectivity index (χ0n) is 12.5. The molecular formula is C16H20BrFN2S. The summed E-state index contributed by atoms with van der Waals surface area (Å²) >= 11 is 5.11.